The molecule has 0 aliphatic heterocycles. The smallest absolute Gasteiger partial charge is 0.331 e. The van der Waals surface area contributed by atoms with Crippen LogP contribution in [0.15, 0.2) is 28.4 Å². The fourth-order valence-electron chi connectivity index (χ4n) is 2.27. The van der Waals surface area contributed by atoms with Crippen molar-refractivity contribution in [3.8, 4) is 0 Å². The highest BCUT2D eigenvalue weighted by Gasteiger charge is 2.17. The van der Waals surface area contributed by atoms with Gasteiger partial charge in [0.25, 0.3) is 5.56 Å². The van der Waals surface area contributed by atoms with Crippen LogP contribution < -0.4 is 5.56 Å². The highest BCUT2D eigenvalue weighted by molar-refractivity contribution is 7.18. The minimum absolute atomic E-state index is 0.200. The summed E-state index contributed by atoms with van der Waals surface area (Å²) < 4.78 is 5.33. The first kappa shape index (κ1) is 16.6. The average molecular weight is 360 g/mol. The number of H-pyrrole nitrogens is 1. The number of rotatable bonds is 4. The van der Waals surface area contributed by atoms with E-state index in [1.54, 1.807) is 13.0 Å². The molecule has 3 heterocycles. The van der Waals surface area contributed by atoms with Crippen molar-refractivity contribution in [1.29, 1.82) is 0 Å². The van der Waals surface area contributed by atoms with Gasteiger partial charge in [-0.15, -0.1) is 22.7 Å². The number of aromatic nitrogens is 2. The summed E-state index contributed by atoms with van der Waals surface area (Å²) in [6, 6.07) is 3.82. The number of ether oxygens (including phenoxy) is 1. The first-order valence-corrected chi connectivity index (χ1v) is 9.07. The van der Waals surface area contributed by atoms with E-state index in [-0.39, 0.29) is 5.56 Å². The maximum atomic E-state index is 12.3. The van der Waals surface area contributed by atoms with Gasteiger partial charge in [0.2, 0.25) is 0 Å². The van der Waals surface area contributed by atoms with Crippen LogP contribution in [0, 0.1) is 13.8 Å². The van der Waals surface area contributed by atoms with Gasteiger partial charge in [0, 0.05) is 15.8 Å². The van der Waals surface area contributed by atoms with Gasteiger partial charge in [0.15, 0.2) is 11.9 Å². The molecule has 0 saturated carbocycles. The van der Waals surface area contributed by atoms with Crippen LogP contribution in [0.5, 0.6) is 0 Å². The monoisotopic (exact) mass is 360 g/mol. The fraction of sp³-hybridized carbons (Fsp3) is 0.235. The summed E-state index contributed by atoms with van der Waals surface area (Å²) >= 11 is 3.00. The number of aromatic amines is 1. The molecule has 7 heteroatoms. The van der Waals surface area contributed by atoms with Crippen molar-refractivity contribution < 1.29 is 9.53 Å². The Morgan fingerprint density at radius 1 is 1.42 bits per heavy atom. The number of nitrogens with one attached hydrogen (secondary N) is 1. The highest BCUT2D eigenvalue weighted by atomic mass is 32.1. The SMILES string of the molecule is Cc1sc2nc([C@H](C)OC(=O)/C=C/c3cccs3)[nH]c(=O)c2c1C. The zero-order valence-corrected chi connectivity index (χ0v) is 15.1. The molecule has 1 N–H and O–H groups in total. The molecule has 3 aromatic rings. The Kier molecular flexibility index (Phi) is 4.64. The van der Waals surface area contributed by atoms with Crippen molar-refractivity contribution in [2.24, 2.45) is 0 Å². The first-order chi connectivity index (χ1) is 11.5. The minimum atomic E-state index is -0.634. The van der Waals surface area contributed by atoms with Crippen molar-refractivity contribution in [1.82, 2.24) is 9.97 Å². The molecule has 0 radical (unpaired) electrons. The molecule has 0 bridgehead atoms. The van der Waals surface area contributed by atoms with E-state index in [4.69, 9.17) is 4.74 Å². The maximum absolute atomic E-state index is 12.3. The van der Waals surface area contributed by atoms with Crippen LogP contribution in [0.2, 0.25) is 0 Å². The Bertz CT molecular complexity index is 968. The van der Waals surface area contributed by atoms with Crippen molar-refractivity contribution >= 4 is 44.9 Å². The first-order valence-electron chi connectivity index (χ1n) is 7.38. The molecule has 0 spiro atoms. The summed E-state index contributed by atoms with van der Waals surface area (Å²) in [7, 11) is 0. The Morgan fingerprint density at radius 2 is 2.21 bits per heavy atom. The van der Waals surface area contributed by atoms with E-state index in [0.717, 1.165) is 15.3 Å². The summed E-state index contributed by atoms with van der Waals surface area (Å²) in [6.45, 7) is 5.55. The quantitative estimate of drug-likeness (QED) is 0.564. The predicted molar refractivity (Wildman–Crippen MR) is 97.6 cm³/mol. The summed E-state index contributed by atoms with van der Waals surface area (Å²) in [5, 5.41) is 2.54. The second kappa shape index (κ2) is 6.70. The van der Waals surface area contributed by atoms with E-state index >= 15 is 0 Å². The number of thiophene rings is 2. The summed E-state index contributed by atoms with van der Waals surface area (Å²) in [5.41, 5.74) is 0.743. The van der Waals surface area contributed by atoms with Crippen LogP contribution >= 0.6 is 22.7 Å². The van der Waals surface area contributed by atoms with Gasteiger partial charge in [-0.05, 0) is 43.9 Å². The third kappa shape index (κ3) is 3.32. The molecular weight excluding hydrogens is 344 g/mol. The fourth-order valence-corrected chi connectivity index (χ4v) is 3.92. The summed E-state index contributed by atoms with van der Waals surface area (Å²) in [4.78, 5) is 34.0. The van der Waals surface area contributed by atoms with Crippen LogP contribution in [0.4, 0.5) is 0 Å². The van der Waals surface area contributed by atoms with Gasteiger partial charge < -0.3 is 9.72 Å². The van der Waals surface area contributed by atoms with Crippen molar-refractivity contribution in [2.75, 3.05) is 0 Å². The van der Waals surface area contributed by atoms with Gasteiger partial charge in [-0.3, -0.25) is 4.79 Å². The Hall–Kier alpha value is -2.25. The number of hydrogen-bond donors (Lipinski definition) is 1. The largest absolute Gasteiger partial charge is 0.451 e. The number of fused-ring (bicyclic) bond motifs is 1. The Morgan fingerprint density at radius 3 is 2.92 bits per heavy atom. The molecule has 24 heavy (non-hydrogen) atoms. The molecular formula is C17H16N2O3S2. The second-order valence-electron chi connectivity index (χ2n) is 5.34. The van der Waals surface area contributed by atoms with Gasteiger partial charge in [0.05, 0.1) is 5.39 Å². The van der Waals surface area contributed by atoms with Crippen molar-refractivity contribution in [3.63, 3.8) is 0 Å². The minimum Gasteiger partial charge on any atom is -0.451 e. The average Bonchev–Trinajstić information content (AvgIpc) is 3.14. The molecule has 3 aromatic heterocycles. The zero-order chi connectivity index (χ0) is 17.3. The predicted octanol–water partition coefficient (Wildman–Crippen LogP) is 3.98. The van der Waals surface area contributed by atoms with Crippen LogP contribution in [-0.4, -0.2) is 15.9 Å². The molecule has 0 saturated heterocycles. The number of carbonyl (C=O) groups is 1. The molecule has 1 atom stereocenters. The molecule has 0 fully saturated rings. The third-order valence-corrected chi connectivity index (χ3v) is 5.60. The molecule has 0 aromatic carbocycles. The molecule has 124 valence electrons. The number of nitrogens with zero attached hydrogens (tertiary/aromatic N) is 1. The second-order valence-corrected chi connectivity index (χ2v) is 7.52. The normalized spacial score (nSPS) is 12.8. The lowest BCUT2D eigenvalue weighted by atomic mass is 10.2. The molecule has 0 aliphatic carbocycles. The molecule has 0 aliphatic rings. The van der Waals surface area contributed by atoms with Gasteiger partial charge in [-0.2, -0.15) is 0 Å². The lowest BCUT2D eigenvalue weighted by Crippen LogP contribution is -2.16. The Balaban J connectivity index is 1.80. The number of aryl methyl sites for hydroxylation is 2. The van der Waals surface area contributed by atoms with Crippen LogP contribution in [0.1, 0.15) is 34.2 Å². The van der Waals surface area contributed by atoms with Crippen molar-refractivity contribution in [2.45, 2.75) is 26.9 Å². The van der Waals surface area contributed by atoms with Gasteiger partial charge >= 0.3 is 5.97 Å². The van der Waals surface area contributed by atoms with Gasteiger partial charge in [-0.25, -0.2) is 9.78 Å². The number of hydrogen-bond acceptors (Lipinski definition) is 6. The van der Waals surface area contributed by atoms with E-state index in [1.165, 1.54) is 28.7 Å². The topological polar surface area (TPSA) is 72.0 Å². The lowest BCUT2D eigenvalue weighted by molar-refractivity contribution is -0.142. The van der Waals surface area contributed by atoms with Crippen LogP contribution in [0.3, 0.4) is 0 Å². The maximum Gasteiger partial charge on any atom is 0.331 e. The van der Waals surface area contributed by atoms with Crippen LogP contribution in [0.25, 0.3) is 16.3 Å². The Labute approximate surface area is 146 Å². The van der Waals surface area contributed by atoms with Crippen LogP contribution in [-0.2, 0) is 9.53 Å². The van der Waals surface area contributed by atoms with E-state index in [9.17, 15) is 9.59 Å². The van der Waals surface area contributed by atoms with E-state index in [2.05, 4.69) is 9.97 Å². The lowest BCUT2D eigenvalue weighted by Gasteiger charge is -2.10. The molecule has 0 unspecified atom stereocenters. The van der Waals surface area contributed by atoms with E-state index < -0.39 is 12.1 Å². The van der Waals surface area contributed by atoms with Gasteiger partial charge in [0.1, 0.15) is 4.83 Å². The number of carbonyl (C=O) groups excluding carboxylic acids is 1. The molecule has 0 amide bonds. The standard InChI is InChI=1S/C17H16N2O3S2/c1-9-11(3)24-17-14(9)16(21)18-15(19-17)10(2)22-13(20)7-6-12-5-4-8-23-12/h4-8,10H,1-3H3,(H,18,19,21)/b7-6+/t10-/m0/s1. The third-order valence-electron chi connectivity index (χ3n) is 3.66. The summed E-state index contributed by atoms with van der Waals surface area (Å²) in [5.74, 6) is -0.121. The number of esters is 1. The molecule has 5 nitrogen and oxygen atoms in total. The summed E-state index contributed by atoms with van der Waals surface area (Å²) in [6.07, 6.45) is 2.44. The van der Waals surface area contributed by atoms with E-state index in [1.807, 2.05) is 31.4 Å². The molecule has 3 rings (SSSR count). The highest BCUT2D eigenvalue weighted by Crippen LogP contribution is 2.26. The zero-order valence-electron chi connectivity index (χ0n) is 13.5. The van der Waals surface area contributed by atoms with Gasteiger partial charge in [-0.1, -0.05) is 6.07 Å². The van der Waals surface area contributed by atoms with Crippen molar-refractivity contribution in [3.05, 3.63) is 55.1 Å². The van der Waals surface area contributed by atoms with E-state index in [0.29, 0.717) is 16.0 Å².